The maximum Gasteiger partial charge on any atom is 0.425 e. The van der Waals surface area contributed by atoms with Crippen LogP contribution in [0, 0.1) is 0 Å². The SMILES string of the molecule is CCCCc1ccc(-c2ccc(-c3ccc(OC(=O)C(OCCC)C(F)(F)F)cc3)cn2)cc1. The summed E-state index contributed by atoms with van der Waals surface area (Å²) in [6.45, 7) is 3.64. The van der Waals surface area contributed by atoms with Gasteiger partial charge in [0, 0.05) is 23.9 Å². The van der Waals surface area contributed by atoms with Crippen LogP contribution in [0.1, 0.15) is 38.7 Å². The molecular weight excluding hydrogens is 443 g/mol. The number of carbonyl (C=O) groups excluding carboxylic acids is 1. The van der Waals surface area contributed by atoms with E-state index in [9.17, 15) is 18.0 Å². The van der Waals surface area contributed by atoms with Gasteiger partial charge in [-0.1, -0.05) is 62.7 Å². The van der Waals surface area contributed by atoms with E-state index >= 15 is 0 Å². The minimum Gasteiger partial charge on any atom is -0.424 e. The monoisotopic (exact) mass is 471 g/mol. The van der Waals surface area contributed by atoms with E-state index in [1.54, 1.807) is 25.3 Å². The third-order valence-electron chi connectivity index (χ3n) is 5.24. The number of ether oxygens (including phenoxy) is 2. The summed E-state index contributed by atoms with van der Waals surface area (Å²) in [4.78, 5) is 16.5. The predicted molar refractivity (Wildman–Crippen MR) is 125 cm³/mol. The van der Waals surface area contributed by atoms with Gasteiger partial charge in [-0.05, 0) is 48.6 Å². The second kappa shape index (κ2) is 11.8. The van der Waals surface area contributed by atoms with Gasteiger partial charge in [0.15, 0.2) is 0 Å². The van der Waals surface area contributed by atoms with Crippen molar-refractivity contribution in [2.75, 3.05) is 6.61 Å². The second-order valence-corrected chi connectivity index (χ2v) is 7.97. The number of aryl methyl sites for hydroxylation is 1. The maximum absolute atomic E-state index is 13.1. The molecule has 0 aliphatic carbocycles. The first-order chi connectivity index (χ1) is 16.3. The van der Waals surface area contributed by atoms with Gasteiger partial charge < -0.3 is 9.47 Å². The lowest BCUT2D eigenvalue weighted by Crippen LogP contribution is -2.41. The minimum absolute atomic E-state index is 0.0100. The smallest absolute Gasteiger partial charge is 0.424 e. The van der Waals surface area contributed by atoms with Crippen molar-refractivity contribution < 1.29 is 27.4 Å². The molecule has 34 heavy (non-hydrogen) atoms. The van der Waals surface area contributed by atoms with Crippen LogP contribution in [0.25, 0.3) is 22.4 Å². The summed E-state index contributed by atoms with van der Waals surface area (Å²) in [5.41, 5.74) is 4.81. The summed E-state index contributed by atoms with van der Waals surface area (Å²) < 4.78 is 48.8. The van der Waals surface area contributed by atoms with Crippen molar-refractivity contribution in [3.05, 3.63) is 72.4 Å². The zero-order valence-corrected chi connectivity index (χ0v) is 19.3. The van der Waals surface area contributed by atoms with Gasteiger partial charge in [0.2, 0.25) is 0 Å². The molecule has 0 radical (unpaired) electrons. The zero-order valence-electron chi connectivity index (χ0n) is 19.3. The molecule has 4 nitrogen and oxygen atoms in total. The number of esters is 1. The number of benzene rings is 2. The first kappa shape index (κ1) is 25.4. The number of hydrogen-bond donors (Lipinski definition) is 0. The van der Waals surface area contributed by atoms with E-state index in [-0.39, 0.29) is 12.4 Å². The average molecular weight is 472 g/mol. The molecule has 0 aliphatic rings. The first-order valence-corrected chi connectivity index (χ1v) is 11.4. The van der Waals surface area contributed by atoms with Gasteiger partial charge in [0.1, 0.15) is 5.75 Å². The number of alkyl halides is 3. The molecule has 0 bridgehead atoms. The van der Waals surface area contributed by atoms with Crippen LogP contribution in [0.2, 0.25) is 0 Å². The molecule has 3 aromatic rings. The molecule has 0 saturated heterocycles. The van der Waals surface area contributed by atoms with Gasteiger partial charge >= 0.3 is 12.1 Å². The molecule has 180 valence electrons. The van der Waals surface area contributed by atoms with Crippen LogP contribution in [0.15, 0.2) is 66.9 Å². The van der Waals surface area contributed by atoms with Crippen LogP contribution < -0.4 is 4.74 Å². The van der Waals surface area contributed by atoms with Crippen molar-refractivity contribution in [1.82, 2.24) is 4.98 Å². The molecule has 0 aliphatic heterocycles. The summed E-state index contributed by atoms with van der Waals surface area (Å²) in [5.74, 6) is -1.48. The molecule has 3 rings (SSSR count). The van der Waals surface area contributed by atoms with E-state index in [4.69, 9.17) is 4.74 Å². The van der Waals surface area contributed by atoms with Crippen molar-refractivity contribution in [3.63, 3.8) is 0 Å². The number of rotatable bonds is 10. The summed E-state index contributed by atoms with van der Waals surface area (Å²) >= 11 is 0. The van der Waals surface area contributed by atoms with Gasteiger partial charge in [0.05, 0.1) is 5.69 Å². The number of pyridine rings is 1. The summed E-state index contributed by atoms with van der Waals surface area (Å²) in [6.07, 6.45) is -1.96. The van der Waals surface area contributed by atoms with Gasteiger partial charge in [-0.25, -0.2) is 4.79 Å². The Hall–Kier alpha value is -3.19. The van der Waals surface area contributed by atoms with E-state index in [1.807, 2.05) is 12.1 Å². The molecule has 7 heteroatoms. The Morgan fingerprint density at radius 1 is 0.882 bits per heavy atom. The van der Waals surface area contributed by atoms with Gasteiger partial charge in [-0.15, -0.1) is 0 Å². The normalized spacial score (nSPS) is 12.4. The Balaban J connectivity index is 1.66. The third kappa shape index (κ3) is 6.90. The van der Waals surface area contributed by atoms with Crippen LogP contribution in [-0.4, -0.2) is 29.8 Å². The van der Waals surface area contributed by atoms with E-state index < -0.39 is 18.2 Å². The maximum atomic E-state index is 13.1. The van der Waals surface area contributed by atoms with Crippen LogP contribution in [-0.2, 0) is 16.0 Å². The Kier molecular flexibility index (Phi) is 8.82. The lowest BCUT2D eigenvalue weighted by atomic mass is 10.0. The number of halogens is 3. The number of hydrogen-bond acceptors (Lipinski definition) is 4. The Labute approximate surface area is 197 Å². The molecule has 1 aromatic heterocycles. The Morgan fingerprint density at radius 2 is 1.53 bits per heavy atom. The molecule has 0 saturated carbocycles. The van der Waals surface area contributed by atoms with E-state index in [0.29, 0.717) is 6.42 Å². The van der Waals surface area contributed by atoms with E-state index in [1.165, 1.54) is 24.1 Å². The summed E-state index contributed by atoms with van der Waals surface area (Å²) in [5, 5.41) is 0. The van der Waals surface area contributed by atoms with Crippen LogP contribution in [0.5, 0.6) is 5.75 Å². The Bertz CT molecular complexity index is 1050. The highest BCUT2D eigenvalue weighted by Gasteiger charge is 2.47. The van der Waals surface area contributed by atoms with Gasteiger partial charge in [-0.3, -0.25) is 4.98 Å². The van der Waals surface area contributed by atoms with Crippen molar-refractivity contribution >= 4 is 5.97 Å². The fourth-order valence-electron chi connectivity index (χ4n) is 3.38. The van der Waals surface area contributed by atoms with Crippen molar-refractivity contribution in [2.45, 2.75) is 51.8 Å². The van der Waals surface area contributed by atoms with E-state index in [0.717, 1.165) is 35.2 Å². The second-order valence-electron chi connectivity index (χ2n) is 7.97. The van der Waals surface area contributed by atoms with Gasteiger partial charge in [0.25, 0.3) is 6.10 Å². The topological polar surface area (TPSA) is 48.4 Å². The van der Waals surface area contributed by atoms with Crippen molar-refractivity contribution in [2.24, 2.45) is 0 Å². The van der Waals surface area contributed by atoms with Crippen LogP contribution >= 0.6 is 0 Å². The fourth-order valence-corrected chi connectivity index (χ4v) is 3.38. The molecule has 1 atom stereocenters. The molecule has 0 fully saturated rings. The molecular formula is C27H28F3NO3. The van der Waals surface area contributed by atoms with Crippen molar-refractivity contribution in [3.8, 4) is 28.1 Å². The zero-order chi connectivity index (χ0) is 24.6. The molecule has 1 heterocycles. The standard InChI is InChI=1S/C27H28F3NO3/c1-3-5-6-19-7-9-21(10-8-19)24-16-13-22(18-31-24)20-11-14-23(15-12-20)34-26(32)25(27(28,29)30)33-17-4-2/h7-16,18,25H,3-6,17H2,1-2H3. The quantitative estimate of drug-likeness (QED) is 0.235. The van der Waals surface area contributed by atoms with Crippen molar-refractivity contribution in [1.29, 1.82) is 0 Å². The number of unbranched alkanes of at least 4 members (excludes halogenated alkanes) is 1. The first-order valence-electron chi connectivity index (χ1n) is 11.4. The van der Waals surface area contributed by atoms with Crippen LogP contribution in [0.3, 0.4) is 0 Å². The lowest BCUT2D eigenvalue weighted by Gasteiger charge is -2.19. The highest BCUT2D eigenvalue weighted by Crippen LogP contribution is 2.27. The predicted octanol–water partition coefficient (Wildman–Crippen LogP) is 7.02. The Morgan fingerprint density at radius 3 is 2.09 bits per heavy atom. The fraction of sp³-hybridized carbons (Fsp3) is 0.333. The number of aromatic nitrogens is 1. The van der Waals surface area contributed by atoms with Crippen LogP contribution in [0.4, 0.5) is 13.2 Å². The average Bonchev–Trinajstić information content (AvgIpc) is 2.83. The lowest BCUT2D eigenvalue weighted by molar-refractivity contribution is -0.225. The molecule has 0 amide bonds. The summed E-state index contributed by atoms with van der Waals surface area (Å²) in [7, 11) is 0. The third-order valence-corrected chi connectivity index (χ3v) is 5.24. The highest BCUT2D eigenvalue weighted by atomic mass is 19.4. The molecule has 0 N–H and O–H groups in total. The number of nitrogens with zero attached hydrogens (tertiary/aromatic N) is 1. The highest BCUT2D eigenvalue weighted by molar-refractivity contribution is 5.78. The summed E-state index contributed by atoms with van der Waals surface area (Å²) in [6, 6.07) is 18.4. The largest absolute Gasteiger partial charge is 0.425 e. The molecule has 1 unspecified atom stereocenters. The molecule has 0 spiro atoms. The number of carbonyl (C=O) groups is 1. The minimum atomic E-state index is -4.84. The van der Waals surface area contributed by atoms with Gasteiger partial charge in [-0.2, -0.15) is 13.2 Å². The van der Waals surface area contributed by atoms with E-state index in [2.05, 4.69) is 40.9 Å². The molecule has 2 aromatic carbocycles.